The minimum absolute atomic E-state index is 0.115. The second-order valence-electron chi connectivity index (χ2n) is 6.65. The Labute approximate surface area is 138 Å². The van der Waals surface area contributed by atoms with Crippen LogP contribution in [0.4, 0.5) is 0 Å². The lowest BCUT2D eigenvalue weighted by Gasteiger charge is -2.29. The zero-order valence-corrected chi connectivity index (χ0v) is 14.2. The maximum atomic E-state index is 13.0. The van der Waals surface area contributed by atoms with Gasteiger partial charge in [-0.05, 0) is 36.8 Å². The molecule has 0 spiro atoms. The molecule has 0 unspecified atom stereocenters. The fraction of sp³-hybridized carbons (Fsp3) is 0.632. The Kier molecular flexibility index (Phi) is 5.21. The van der Waals surface area contributed by atoms with Gasteiger partial charge in [-0.3, -0.25) is 4.79 Å². The maximum absolute atomic E-state index is 13.0. The third-order valence-electron chi connectivity index (χ3n) is 5.23. The molecule has 2 aliphatic carbocycles. The van der Waals surface area contributed by atoms with E-state index < -0.39 is 0 Å². The molecule has 4 nitrogen and oxygen atoms in total. The van der Waals surface area contributed by atoms with Crippen LogP contribution in [-0.4, -0.2) is 44.2 Å². The molecule has 0 N–H and O–H groups in total. The Morgan fingerprint density at radius 1 is 1.22 bits per heavy atom. The number of carbonyl (C=O) groups is 1. The summed E-state index contributed by atoms with van der Waals surface area (Å²) in [5, 5.41) is 0. The molecular weight excluding hydrogens is 290 g/mol. The number of amides is 1. The summed E-state index contributed by atoms with van der Waals surface area (Å²) in [6.07, 6.45) is 5.70. The fourth-order valence-corrected chi connectivity index (χ4v) is 3.88. The van der Waals surface area contributed by atoms with Crippen molar-refractivity contribution in [1.29, 1.82) is 0 Å². The molecule has 0 aromatic heterocycles. The van der Waals surface area contributed by atoms with Gasteiger partial charge in [0.15, 0.2) is 0 Å². The van der Waals surface area contributed by atoms with Gasteiger partial charge < -0.3 is 14.4 Å². The summed E-state index contributed by atoms with van der Waals surface area (Å²) in [5.41, 5.74) is 1.17. The lowest BCUT2D eigenvalue weighted by molar-refractivity contribution is -0.135. The first-order chi connectivity index (χ1) is 11.3. The highest BCUT2D eigenvalue weighted by Gasteiger charge is 2.48. The standard InChI is InChI=1S/C19H27NO3/c1-22-12-11-20(14-7-3-4-8-14)19(21)17-13-16(17)15-9-5-6-10-18(15)23-2/h5-6,9-10,14,16-17H,3-4,7-8,11-13H2,1-2H3/t16-,17-/m0/s1. The van der Waals surface area contributed by atoms with Crippen LogP contribution in [0.15, 0.2) is 24.3 Å². The van der Waals surface area contributed by atoms with Gasteiger partial charge in [0.2, 0.25) is 5.91 Å². The Hall–Kier alpha value is -1.55. The summed E-state index contributed by atoms with van der Waals surface area (Å²) >= 11 is 0. The second-order valence-corrected chi connectivity index (χ2v) is 6.65. The normalized spacial score (nSPS) is 23.7. The van der Waals surface area contributed by atoms with E-state index in [1.165, 1.54) is 18.4 Å². The van der Waals surface area contributed by atoms with Crippen molar-refractivity contribution in [1.82, 2.24) is 4.90 Å². The average Bonchev–Trinajstić information content (AvgIpc) is 3.21. The zero-order valence-electron chi connectivity index (χ0n) is 14.2. The van der Waals surface area contributed by atoms with Gasteiger partial charge >= 0.3 is 0 Å². The smallest absolute Gasteiger partial charge is 0.226 e. The predicted molar refractivity (Wildman–Crippen MR) is 89.7 cm³/mol. The summed E-state index contributed by atoms with van der Waals surface area (Å²) in [7, 11) is 3.40. The molecule has 2 aliphatic rings. The molecule has 1 aromatic rings. The summed E-state index contributed by atoms with van der Waals surface area (Å²) in [6.45, 7) is 1.34. The van der Waals surface area contributed by atoms with Crippen molar-refractivity contribution < 1.29 is 14.3 Å². The molecule has 0 radical (unpaired) electrons. The van der Waals surface area contributed by atoms with Crippen LogP contribution >= 0.6 is 0 Å². The highest BCUT2D eigenvalue weighted by Crippen LogP contribution is 2.51. The summed E-state index contributed by atoms with van der Waals surface area (Å²) in [5.74, 6) is 1.64. The largest absolute Gasteiger partial charge is 0.496 e. The van der Waals surface area contributed by atoms with Gasteiger partial charge in [0.05, 0.1) is 13.7 Å². The molecule has 1 amide bonds. The molecule has 4 heteroatoms. The van der Waals surface area contributed by atoms with Crippen LogP contribution < -0.4 is 4.74 Å². The van der Waals surface area contributed by atoms with E-state index in [2.05, 4.69) is 11.0 Å². The van der Waals surface area contributed by atoms with E-state index in [1.807, 2.05) is 18.2 Å². The van der Waals surface area contributed by atoms with Gasteiger partial charge in [0.1, 0.15) is 5.75 Å². The molecule has 2 fully saturated rings. The lowest BCUT2D eigenvalue weighted by atomic mass is 10.1. The number of hydrogen-bond acceptors (Lipinski definition) is 3. The number of nitrogens with zero attached hydrogens (tertiary/aromatic N) is 1. The van der Waals surface area contributed by atoms with Crippen molar-refractivity contribution in [3.63, 3.8) is 0 Å². The highest BCUT2D eigenvalue weighted by atomic mass is 16.5. The number of carbonyl (C=O) groups excluding carboxylic acids is 1. The quantitative estimate of drug-likeness (QED) is 0.775. The van der Waals surface area contributed by atoms with Crippen molar-refractivity contribution in [2.45, 2.75) is 44.1 Å². The van der Waals surface area contributed by atoms with Crippen molar-refractivity contribution in [2.75, 3.05) is 27.4 Å². The Morgan fingerprint density at radius 2 is 1.96 bits per heavy atom. The number of para-hydroxylation sites is 1. The third-order valence-corrected chi connectivity index (χ3v) is 5.23. The SMILES string of the molecule is COCCN(C(=O)[C@H]1C[C@H]1c1ccccc1OC)C1CCCC1. The zero-order chi connectivity index (χ0) is 16.2. The summed E-state index contributed by atoms with van der Waals surface area (Å²) in [4.78, 5) is 15.1. The van der Waals surface area contributed by atoms with Crippen LogP contribution in [0, 0.1) is 5.92 Å². The fourth-order valence-electron chi connectivity index (χ4n) is 3.88. The van der Waals surface area contributed by atoms with Crippen molar-refractivity contribution in [2.24, 2.45) is 5.92 Å². The van der Waals surface area contributed by atoms with E-state index in [9.17, 15) is 4.79 Å². The monoisotopic (exact) mass is 317 g/mol. The second kappa shape index (κ2) is 7.35. The third kappa shape index (κ3) is 3.52. The van der Waals surface area contributed by atoms with Gasteiger partial charge in [-0.2, -0.15) is 0 Å². The number of benzene rings is 1. The Morgan fingerprint density at radius 3 is 2.65 bits per heavy atom. The first-order valence-corrected chi connectivity index (χ1v) is 8.68. The Balaban J connectivity index is 1.69. The Bertz CT molecular complexity index is 539. The number of ether oxygens (including phenoxy) is 2. The minimum atomic E-state index is 0.115. The van der Waals surface area contributed by atoms with Crippen LogP contribution in [0.1, 0.15) is 43.6 Å². The van der Waals surface area contributed by atoms with Crippen LogP contribution in [-0.2, 0) is 9.53 Å². The number of methoxy groups -OCH3 is 2. The molecule has 126 valence electrons. The van der Waals surface area contributed by atoms with E-state index in [4.69, 9.17) is 9.47 Å². The molecular formula is C19H27NO3. The van der Waals surface area contributed by atoms with E-state index in [-0.39, 0.29) is 5.92 Å². The van der Waals surface area contributed by atoms with Gasteiger partial charge in [0.25, 0.3) is 0 Å². The molecule has 2 saturated carbocycles. The van der Waals surface area contributed by atoms with Gasteiger partial charge in [-0.25, -0.2) is 0 Å². The average molecular weight is 317 g/mol. The molecule has 3 rings (SSSR count). The lowest BCUT2D eigenvalue weighted by Crippen LogP contribution is -2.42. The van der Waals surface area contributed by atoms with Crippen LogP contribution in [0.3, 0.4) is 0 Å². The molecule has 23 heavy (non-hydrogen) atoms. The van der Waals surface area contributed by atoms with Gasteiger partial charge in [-0.1, -0.05) is 31.0 Å². The van der Waals surface area contributed by atoms with Crippen LogP contribution in [0.25, 0.3) is 0 Å². The van der Waals surface area contributed by atoms with E-state index in [0.29, 0.717) is 24.5 Å². The molecule has 0 bridgehead atoms. The van der Waals surface area contributed by atoms with Crippen LogP contribution in [0.2, 0.25) is 0 Å². The number of rotatable bonds is 7. The molecule has 0 saturated heterocycles. The number of hydrogen-bond donors (Lipinski definition) is 0. The van der Waals surface area contributed by atoms with Crippen molar-refractivity contribution >= 4 is 5.91 Å². The van der Waals surface area contributed by atoms with Crippen molar-refractivity contribution in [3.8, 4) is 5.75 Å². The van der Waals surface area contributed by atoms with Crippen LogP contribution in [0.5, 0.6) is 5.75 Å². The molecule has 2 atom stereocenters. The summed E-state index contributed by atoms with van der Waals surface area (Å²) in [6, 6.07) is 8.49. The van der Waals surface area contributed by atoms with Crippen molar-refractivity contribution in [3.05, 3.63) is 29.8 Å². The van der Waals surface area contributed by atoms with Gasteiger partial charge in [0, 0.05) is 25.6 Å². The molecule has 1 aromatic carbocycles. The summed E-state index contributed by atoms with van der Waals surface area (Å²) < 4.78 is 10.7. The van der Waals surface area contributed by atoms with E-state index in [1.54, 1.807) is 14.2 Å². The first-order valence-electron chi connectivity index (χ1n) is 8.68. The topological polar surface area (TPSA) is 38.8 Å². The van der Waals surface area contributed by atoms with Gasteiger partial charge in [-0.15, -0.1) is 0 Å². The minimum Gasteiger partial charge on any atom is -0.496 e. The first kappa shape index (κ1) is 16.3. The maximum Gasteiger partial charge on any atom is 0.226 e. The molecule has 0 aliphatic heterocycles. The van der Waals surface area contributed by atoms with E-state index in [0.717, 1.165) is 31.6 Å². The predicted octanol–water partition coefficient (Wildman–Crippen LogP) is 3.22. The van der Waals surface area contributed by atoms with E-state index >= 15 is 0 Å². The highest BCUT2D eigenvalue weighted by molar-refractivity contribution is 5.83. The molecule has 0 heterocycles.